The van der Waals surface area contributed by atoms with Crippen molar-refractivity contribution in [1.82, 2.24) is 4.90 Å². The molecule has 0 aromatic heterocycles. The predicted molar refractivity (Wildman–Crippen MR) is 63.4 cm³/mol. The van der Waals surface area contributed by atoms with Crippen molar-refractivity contribution < 1.29 is 9.53 Å². The van der Waals surface area contributed by atoms with Gasteiger partial charge in [-0.15, -0.1) is 12.4 Å². The van der Waals surface area contributed by atoms with E-state index in [1.54, 1.807) is 0 Å². The molecular formula is C11H22ClNO2. The number of rotatable bonds is 3. The summed E-state index contributed by atoms with van der Waals surface area (Å²) >= 11 is 0. The third kappa shape index (κ3) is 5.38. The third-order valence-electron chi connectivity index (χ3n) is 3.02. The van der Waals surface area contributed by atoms with Gasteiger partial charge in [0.25, 0.3) is 0 Å². The SMILES string of the molecule is COC(=O)CCN1CCCCCC1C.Cl. The van der Waals surface area contributed by atoms with Crippen molar-refractivity contribution in [2.24, 2.45) is 0 Å². The van der Waals surface area contributed by atoms with Crippen LogP contribution in [0.5, 0.6) is 0 Å². The molecule has 1 saturated heterocycles. The average Bonchev–Trinajstić information content (AvgIpc) is 2.39. The first-order valence-corrected chi connectivity index (χ1v) is 5.55. The molecule has 90 valence electrons. The summed E-state index contributed by atoms with van der Waals surface area (Å²) in [4.78, 5) is 13.4. The van der Waals surface area contributed by atoms with Crippen LogP contribution in [0.15, 0.2) is 0 Å². The highest BCUT2D eigenvalue weighted by Gasteiger charge is 2.17. The Labute approximate surface area is 98.6 Å². The maximum Gasteiger partial charge on any atom is 0.306 e. The molecule has 1 unspecified atom stereocenters. The fraction of sp³-hybridized carbons (Fsp3) is 0.909. The van der Waals surface area contributed by atoms with Crippen molar-refractivity contribution >= 4 is 18.4 Å². The minimum absolute atomic E-state index is 0. The van der Waals surface area contributed by atoms with Crippen molar-refractivity contribution in [2.45, 2.75) is 45.1 Å². The highest BCUT2D eigenvalue weighted by molar-refractivity contribution is 5.85. The molecule has 0 bridgehead atoms. The lowest BCUT2D eigenvalue weighted by molar-refractivity contribution is -0.141. The lowest BCUT2D eigenvalue weighted by atomic mass is 10.1. The van der Waals surface area contributed by atoms with Crippen LogP contribution in [-0.2, 0) is 9.53 Å². The second-order valence-corrected chi connectivity index (χ2v) is 4.06. The van der Waals surface area contributed by atoms with E-state index in [9.17, 15) is 4.79 Å². The smallest absolute Gasteiger partial charge is 0.306 e. The molecule has 1 fully saturated rings. The fourth-order valence-electron chi connectivity index (χ4n) is 2.00. The van der Waals surface area contributed by atoms with Crippen LogP contribution in [0.25, 0.3) is 0 Å². The molecule has 15 heavy (non-hydrogen) atoms. The monoisotopic (exact) mass is 235 g/mol. The summed E-state index contributed by atoms with van der Waals surface area (Å²) in [6, 6.07) is 0.627. The molecule has 1 atom stereocenters. The van der Waals surface area contributed by atoms with Crippen LogP contribution in [0, 0.1) is 0 Å². The van der Waals surface area contributed by atoms with Gasteiger partial charge in [0.1, 0.15) is 0 Å². The minimum Gasteiger partial charge on any atom is -0.469 e. The van der Waals surface area contributed by atoms with Crippen LogP contribution in [0.1, 0.15) is 39.0 Å². The van der Waals surface area contributed by atoms with E-state index in [0.717, 1.165) is 13.1 Å². The first-order chi connectivity index (χ1) is 6.74. The molecular weight excluding hydrogens is 214 g/mol. The van der Waals surface area contributed by atoms with E-state index in [1.807, 2.05) is 0 Å². The Balaban J connectivity index is 0.00000196. The Morgan fingerprint density at radius 3 is 2.80 bits per heavy atom. The minimum atomic E-state index is -0.0959. The van der Waals surface area contributed by atoms with Crippen LogP contribution in [0.3, 0.4) is 0 Å². The highest BCUT2D eigenvalue weighted by Crippen LogP contribution is 2.16. The van der Waals surface area contributed by atoms with E-state index in [2.05, 4.69) is 16.6 Å². The molecule has 4 heteroatoms. The van der Waals surface area contributed by atoms with E-state index in [-0.39, 0.29) is 18.4 Å². The molecule has 3 nitrogen and oxygen atoms in total. The van der Waals surface area contributed by atoms with Crippen LogP contribution < -0.4 is 0 Å². The van der Waals surface area contributed by atoms with Crippen molar-refractivity contribution in [3.8, 4) is 0 Å². The van der Waals surface area contributed by atoms with Gasteiger partial charge in [0.2, 0.25) is 0 Å². The summed E-state index contributed by atoms with van der Waals surface area (Å²) in [7, 11) is 1.45. The summed E-state index contributed by atoms with van der Waals surface area (Å²) in [6.45, 7) is 4.24. The van der Waals surface area contributed by atoms with Gasteiger partial charge in [-0.1, -0.05) is 12.8 Å². The summed E-state index contributed by atoms with van der Waals surface area (Å²) in [5.74, 6) is -0.0959. The maximum absolute atomic E-state index is 11.0. The second kappa shape index (κ2) is 7.94. The number of likely N-dealkylation sites (tertiary alicyclic amines) is 1. The number of carbonyl (C=O) groups is 1. The Hall–Kier alpha value is -0.280. The van der Waals surface area contributed by atoms with Gasteiger partial charge >= 0.3 is 5.97 Å². The molecule has 0 aliphatic carbocycles. The van der Waals surface area contributed by atoms with Crippen LogP contribution in [0.2, 0.25) is 0 Å². The number of halogens is 1. The zero-order valence-corrected chi connectivity index (χ0v) is 10.5. The normalized spacial score (nSPS) is 22.7. The molecule has 0 amide bonds. The standard InChI is InChI=1S/C11H21NO2.ClH/c1-10-6-4-3-5-8-12(10)9-7-11(13)14-2;/h10H,3-9H2,1-2H3;1H. The molecule has 1 aliphatic rings. The summed E-state index contributed by atoms with van der Waals surface area (Å²) in [5.41, 5.74) is 0. The van der Waals surface area contributed by atoms with Gasteiger partial charge in [-0.25, -0.2) is 0 Å². The Bertz CT molecular complexity index is 187. The van der Waals surface area contributed by atoms with Crippen molar-refractivity contribution in [3.05, 3.63) is 0 Å². The Morgan fingerprint density at radius 2 is 2.13 bits per heavy atom. The molecule has 0 radical (unpaired) electrons. The summed E-state index contributed by atoms with van der Waals surface area (Å²) in [6.07, 6.45) is 5.72. The van der Waals surface area contributed by atoms with E-state index >= 15 is 0 Å². The number of methoxy groups -OCH3 is 1. The quantitative estimate of drug-likeness (QED) is 0.703. The Morgan fingerprint density at radius 1 is 1.40 bits per heavy atom. The van der Waals surface area contributed by atoms with E-state index < -0.39 is 0 Å². The zero-order valence-electron chi connectivity index (χ0n) is 9.70. The largest absolute Gasteiger partial charge is 0.469 e. The molecule has 1 aliphatic heterocycles. The molecule has 1 rings (SSSR count). The number of ether oxygens (including phenoxy) is 1. The van der Waals surface area contributed by atoms with Crippen molar-refractivity contribution in [2.75, 3.05) is 20.2 Å². The van der Waals surface area contributed by atoms with Gasteiger partial charge in [-0.05, 0) is 26.3 Å². The van der Waals surface area contributed by atoms with Crippen molar-refractivity contribution in [1.29, 1.82) is 0 Å². The van der Waals surface area contributed by atoms with Crippen LogP contribution >= 0.6 is 12.4 Å². The van der Waals surface area contributed by atoms with E-state index in [0.29, 0.717) is 12.5 Å². The molecule has 0 aromatic carbocycles. The van der Waals surface area contributed by atoms with E-state index in [1.165, 1.54) is 32.8 Å². The molecule has 0 saturated carbocycles. The average molecular weight is 236 g/mol. The zero-order chi connectivity index (χ0) is 10.4. The fourth-order valence-corrected chi connectivity index (χ4v) is 2.00. The first kappa shape index (κ1) is 14.7. The molecule has 0 N–H and O–H groups in total. The molecule has 0 aromatic rings. The third-order valence-corrected chi connectivity index (χ3v) is 3.02. The van der Waals surface area contributed by atoms with E-state index in [4.69, 9.17) is 0 Å². The summed E-state index contributed by atoms with van der Waals surface area (Å²) in [5, 5.41) is 0. The summed E-state index contributed by atoms with van der Waals surface area (Å²) < 4.78 is 4.64. The lowest BCUT2D eigenvalue weighted by Crippen LogP contribution is -2.34. The maximum atomic E-state index is 11.0. The van der Waals surface area contributed by atoms with Crippen LogP contribution in [0.4, 0.5) is 0 Å². The first-order valence-electron chi connectivity index (χ1n) is 5.55. The van der Waals surface area contributed by atoms with Gasteiger partial charge in [-0.2, -0.15) is 0 Å². The molecule has 1 heterocycles. The number of carbonyl (C=O) groups excluding carboxylic acids is 1. The number of hydrogen-bond donors (Lipinski definition) is 0. The molecule has 0 spiro atoms. The van der Waals surface area contributed by atoms with Gasteiger partial charge in [0, 0.05) is 12.6 Å². The highest BCUT2D eigenvalue weighted by atomic mass is 35.5. The number of esters is 1. The Kier molecular flexibility index (Phi) is 7.79. The lowest BCUT2D eigenvalue weighted by Gasteiger charge is -2.26. The van der Waals surface area contributed by atoms with Gasteiger partial charge in [0.05, 0.1) is 13.5 Å². The van der Waals surface area contributed by atoms with Gasteiger partial charge in [0.15, 0.2) is 0 Å². The van der Waals surface area contributed by atoms with Gasteiger partial charge < -0.3 is 9.64 Å². The van der Waals surface area contributed by atoms with Crippen LogP contribution in [-0.4, -0.2) is 37.1 Å². The number of hydrogen-bond acceptors (Lipinski definition) is 3. The van der Waals surface area contributed by atoms with Crippen molar-refractivity contribution in [3.63, 3.8) is 0 Å². The number of nitrogens with zero attached hydrogens (tertiary/aromatic N) is 1. The predicted octanol–water partition coefficient (Wildman–Crippen LogP) is 2.24. The second-order valence-electron chi connectivity index (χ2n) is 4.06. The van der Waals surface area contributed by atoms with Gasteiger partial charge in [-0.3, -0.25) is 4.79 Å². The topological polar surface area (TPSA) is 29.5 Å².